The van der Waals surface area contributed by atoms with Gasteiger partial charge in [0.05, 0.1) is 5.75 Å². The molecule has 0 aliphatic heterocycles. The van der Waals surface area contributed by atoms with E-state index in [-0.39, 0.29) is 30.1 Å². The number of alkyl carbamates (subject to hydrolysis) is 1. The second-order valence-electron chi connectivity index (χ2n) is 8.80. The lowest BCUT2D eigenvalue weighted by Crippen LogP contribution is -2.35. The summed E-state index contributed by atoms with van der Waals surface area (Å²) in [6, 6.07) is 16.4. The Morgan fingerprint density at radius 2 is 1.65 bits per heavy atom. The van der Waals surface area contributed by atoms with E-state index >= 15 is 0 Å². The molecule has 2 aliphatic rings. The second kappa shape index (κ2) is 11.4. The van der Waals surface area contributed by atoms with Gasteiger partial charge in [-0.3, -0.25) is 9.59 Å². The smallest absolute Gasteiger partial charge is 0.407 e. The van der Waals surface area contributed by atoms with E-state index in [0.29, 0.717) is 31.2 Å². The summed E-state index contributed by atoms with van der Waals surface area (Å²) in [6.07, 6.45) is 2.02. The average molecular weight is 483 g/mol. The lowest BCUT2D eigenvalue weighted by atomic mass is 9.98. The fourth-order valence-corrected chi connectivity index (χ4v) is 5.13. The van der Waals surface area contributed by atoms with Gasteiger partial charge < -0.3 is 20.5 Å². The van der Waals surface area contributed by atoms with Crippen molar-refractivity contribution in [2.45, 2.75) is 25.2 Å². The largest absolute Gasteiger partial charge is 0.481 e. The molecule has 34 heavy (non-hydrogen) atoms. The van der Waals surface area contributed by atoms with E-state index in [4.69, 9.17) is 9.84 Å². The van der Waals surface area contributed by atoms with Crippen LogP contribution in [0, 0.1) is 11.8 Å². The Hall–Kier alpha value is -3.00. The van der Waals surface area contributed by atoms with Gasteiger partial charge in [0, 0.05) is 31.2 Å². The standard InChI is InChI=1S/C26H30N2O5S/c29-24(27-11-12-34-16-25(30)31)13-18(17-9-10-17)14-28-26(32)33-15-23-21-7-3-1-5-19(21)20-6-2-4-8-22(20)23/h1-8,17-18,23H,9-16H2,(H,27,29)(H,28,32)(H,30,31). The average Bonchev–Trinajstić information content (AvgIpc) is 3.63. The molecular formula is C26H30N2O5S. The van der Waals surface area contributed by atoms with Crippen LogP contribution in [-0.4, -0.2) is 54.3 Å². The minimum absolute atomic E-state index is 0.0159. The van der Waals surface area contributed by atoms with Crippen LogP contribution in [0.25, 0.3) is 11.1 Å². The summed E-state index contributed by atoms with van der Waals surface area (Å²) < 4.78 is 5.61. The zero-order valence-electron chi connectivity index (χ0n) is 19.0. The van der Waals surface area contributed by atoms with E-state index in [0.717, 1.165) is 12.8 Å². The van der Waals surface area contributed by atoms with Gasteiger partial charge in [0.25, 0.3) is 0 Å². The Labute approximate surface area is 203 Å². The van der Waals surface area contributed by atoms with Gasteiger partial charge in [-0.1, -0.05) is 48.5 Å². The lowest BCUT2D eigenvalue weighted by Gasteiger charge is -2.18. The summed E-state index contributed by atoms with van der Waals surface area (Å²) in [5, 5.41) is 14.3. The fraction of sp³-hybridized carbons (Fsp3) is 0.423. The zero-order valence-corrected chi connectivity index (χ0v) is 19.8. The lowest BCUT2D eigenvalue weighted by molar-refractivity contribution is -0.133. The number of aliphatic carboxylic acids is 1. The summed E-state index contributed by atoms with van der Waals surface area (Å²) in [4.78, 5) is 35.3. The molecule has 2 aromatic carbocycles. The molecule has 2 aromatic rings. The van der Waals surface area contributed by atoms with Crippen molar-refractivity contribution in [2.75, 3.05) is 31.2 Å². The Kier molecular flexibility index (Phi) is 8.11. The number of carboxylic acid groups (broad SMARTS) is 1. The predicted molar refractivity (Wildman–Crippen MR) is 132 cm³/mol. The molecule has 180 valence electrons. The number of fused-ring (bicyclic) bond motifs is 3. The Balaban J connectivity index is 1.22. The highest BCUT2D eigenvalue weighted by molar-refractivity contribution is 7.99. The minimum Gasteiger partial charge on any atom is -0.481 e. The number of hydrogen-bond donors (Lipinski definition) is 3. The zero-order chi connectivity index (χ0) is 23.9. The first-order chi connectivity index (χ1) is 16.5. The van der Waals surface area contributed by atoms with Crippen LogP contribution in [0.1, 0.15) is 36.3 Å². The number of amides is 2. The number of carbonyl (C=O) groups excluding carboxylic acids is 2. The van der Waals surface area contributed by atoms with Crippen LogP contribution in [-0.2, 0) is 14.3 Å². The van der Waals surface area contributed by atoms with Crippen LogP contribution >= 0.6 is 11.8 Å². The van der Waals surface area contributed by atoms with Crippen LogP contribution in [0.4, 0.5) is 4.79 Å². The van der Waals surface area contributed by atoms with Gasteiger partial charge in [0.1, 0.15) is 6.61 Å². The molecule has 2 aliphatic carbocycles. The molecule has 1 atom stereocenters. The normalized spacial score (nSPS) is 15.2. The summed E-state index contributed by atoms with van der Waals surface area (Å²) in [7, 11) is 0. The van der Waals surface area contributed by atoms with E-state index in [1.807, 2.05) is 24.3 Å². The number of ether oxygens (including phenoxy) is 1. The van der Waals surface area contributed by atoms with Gasteiger partial charge in [-0.05, 0) is 46.9 Å². The highest BCUT2D eigenvalue weighted by Crippen LogP contribution is 2.44. The van der Waals surface area contributed by atoms with Crippen molar-refractivity contribution in [1.82, 2.24) is 10.6 Å². The van der Waals surface area contributed by atoms with Crippen LogP contribution in [0.5, 0.6) is 0 Å². The summed E-state index contributed by atoms with van der Waals surface area (Å²) in [6.45, 7) is 1.11. The fourth-order valence-electron chi connectivity index (χ4n) is 4.57. The summed E-state index contributed by atoms with van der Waals surface area (Å²) in [5.74, 6) is 0.205. The highest BCUT2D eigenvalue weighted by atomic mass is 32.2. The van der Waals surface area contributed by atoms with Gasteiger partial charge in [-0.2, -0.15) is 0 Å². The first-order valence-corrected chi connectivity index (χ1v) is 12.8. The molecule has 0 saturated heterocycles. The topological polar surface area (TPSA) is 105 Å². The monoisotopic (exact) mass is 482 g/mol. The molecule has 0 spiro atoms. The van der Waals surface area contributed by atoms with Gasteiger partial charge in [-0.25, -0.2) is 4.79 Å². The number of carboxylic acids is 1. The number of rotatable bonds is 12. The summed E-state index contributed by atoms with van der Waals surface area (Å²) >= 11 is 1.27. The van der Waals surface area contributed by atoms with Crippen molar-refractivity contribution in [1.29, 1.82) is 0 Å². The minimum atomic E-state index is -0.857. The highest BCUT2D eigenvalue weighted by Gasteiger charge is 2.33. The van der Waals surface area contributed by atoms with Gasteiger partial charge in [0.2, 0.25) is 5.91 Å². The molecule has 1 unspecified atom stereocenters. The van der Waals surface area contributed by atoms with Crippen molar-refractivity contribution in [3.05, 3.63) is 59.7 Å². The van der Waals surface area contributed by atoms with E-state index in [2.05, 4.69) is 34.9 Å². The Bertz CT molecular complexity index is 994. The third kappa shape index (κ3) is 6.32. The van der Waals surface area contributed by atoms with E-state index in [1.165, 1.54) is 34.0 Å². The van der Waals surface area contributed by atoms with Crippen molar-refractivity contribution < 1.29 is 24.2 Å². The maximum absolute atomic E-state index is 12.5. The Morgan fingerprint density at radius 1 is 1.00 bits per heavy atom. The summed E-state index contributed by atoms with van der Waals surface area (Å²) in [5.41, 5.74) is 4.72. The number of hydrogen-bond acceptors (Lipinski definition) is 5. The molecule has 2 amide bonds. The van der Waals surface area contributed by atoms with Crippen LogP contribution < -0.4 is 10.6 Å². The van der Waals surface area contributed by atoms with Gasteiger partial charge in [0.15, 0.2) is 0 Å². The quantitative estimate of drug-likeness (QED) is 0.397. The number of thioether (sulfide) groups is 1. The third-order valence-electron chi connectivity index (χ3n) is 6.38. The van der Waals surface area contributed by atoms with E-state index in [9.17, 15) is 14.4 Å². The van der Waals surface area contributed by atoms with Crippen molar-refractivity contribution >= 4 is 29.7 Å². The van der Waals surface area contributed by atoms with Crippen LogP contribution in [0.3, 0.4) is 0 Å². The second-order valence-corrected chi connectivity index (χ2v) is 9.91. The molecule has 8 heteroatoms. The van der Waals surface area contributed by atoms with Gasteiger partial charge in [-0.15, -0.1) is 11.8 Å². The Morgan fingerprint density at radius 3 is 2.26 bits per heavy atom. The maximum Gasteiger partial charge on any atom is 0.407 e. The first-order valence-electron chi connectivity index (χ1n) is 11.7. The molecule has 0 aromatic heterocycles. The van der Waals surface area contributed by atoms with Crippen molar-refractivity contribution in [2.24, 2.45) is 11.8 Å². The molecule has 1 saturated carbocycles. The van der Waals surface area contributed by atoms with Crippen molar-refractivity contribution in [3.63, 3.8) is 0 Å². The molecule has 1 fully saturated rings. The van der Waals surface area contributed by atoms with Crippen LogP contribution in [0.2, 0.25) is 0 Å². The molecule has 3 N–H and O–H groups in total. The molecule has 0 radical (unpaired) electrons. The molecular weight excluding hydrogens is 452 g/mol. The number of nitrogens with one attached hydrogen (secondary N) is 2. The molecule has 0 heterocycles. The number of benzene rings is 2. The van der Waals surface area contributed by atoms with E-state index in [1.54, 1.807) is 0 Å². The van der Waals surface area contributed by atoms with Crippen molar-refractivity contribution in [3.8, 4) is 11.1 Å². The van der Waals surface area contributed by atoms with E-state index < -0.39 is 12.1 Å². The number of carbonyl (C=O) groups is 3. The van der Waals surface area contributed by atoms with Crippen LogP contribution in [0.15, 0.2) is 48.5 Å². The van der Waals surface area contributed by atoms with Gasteiger partial charge >= 0.3 is 12.1 Å². The molecule has 0 bridgehead atoms. The first kappa shape index (κ1) is 24.1. The molecule has 4 rings (SSSR count). The predicted octanol–water partition coefficient (Wildman–Crippen LogP) is 3.88. The third-order valence-corrected chi connectivity index (χ3v) is 7.33. The molecule has 7 nitrogen and oxygen atoms in total. The SMILES string of the molecule is O=C(O)CSCCNC(=O)CC(CNC(=O)OCC1c2ccccc2-c2ccccc21)C1CC1. The maximum atomic E-state index is 12.5.